The summed E-state index contributed by atoms with van der Waals surface area (Å²) in [6.45, 7) is 6.27. The molecular formula is C21H24N4O2. The van der Waals surface area contributed by atoms with Crippen LogP contribution in [0.4, 0.5) is 0 Å². The molecule has 1 amide bonds. The SMILES string of the molecule is Cc1[nH]c(=O)c(C(=O)N[C@H](CCn2ccnc2)c2ccccc2)c(C)c1C. The molecule has 0 aliphatic rings. The quantitative estimate of drug-likeness (QED) is 0.705. The molecule has 0 aliphatic heterocycles. The Kier molecular flexibility index (Phi) is 5.54. The zero-order valence-corrected chi connectivity index (χ0v) is 15.8. The van der Waals surface area contributed by atoms with Crippen LogP contribution in [0.1, 0.15) is 45.2 Å². The predicted molar refractivity (Wildman–Crippen MR) is 105 cm³/mol. The predicted octanol–water partition coefficient (Wildman–Crippen LogP) is 3.06. The van der Waals surface area contributed by atoms with Crippen LogP contribution in [0.5, 0.6) is 0 Å². The summed E-state index contributed by atoms with van der Waals surface area (Å²) in [5.41, 5.74) is 3.26. The molecule has 0 saturated carbocycles. The lowest BCUT2D eigenvalue weighted by Crippen LogP contribution is -2.34. The highest BCUT2D eigenvalue weighted by Crippen LogP contribution is 2.19. The Hall–Kier alpha value is -3.15. The maximum absolute atomic E-state index is 12.9. The van der Waals surface area contributed by atoms with Crippen molar-refractivity contribution in [2.75, 3.05) is 0 Å². The summed E-state index contributed by atoms with van der Waals surface area (Å²) in [5.74, 6) is -0.351. The van der Waals surface area contributed by atoms with Crippen LogP contribution in [0.25, 0.3) is 0 Å². The maximum atomic E-state index is 12.9. The van der Waals surface area contributed by atoms with Gasteiger partial charge in [0.05, 0.1) is 12.4 Å². The minimum absolute atomic E-state index is 0.182. The summed E-state index contributed by atoms with van der Waals surface area (Å²) in [6.07, 6.45) is 6.06. The molecule has 0 fully saturated rings. The van der Waals surface area contributed by atoms with E-state index in [-0.39, 0.29) is 23.1 Å². The topological polar surface area (TPSA) is 79.8 Å². The smallest absolute Gasteiger partial charge is 0.261 e. The van der Waals surface area contributed by atoms with Crippen molar-refractivity contribution in [2.24, 2.45) is 0 Å². The number of aromatic nitrogens is 3. The summed E-state index contributed by atoms with van der Waals surface area (Å²) in [5, 5.41) is 3.05. The summed E-state index contributed by atoms with van der Waals surface area (Å²) in [7, 11) is 0. The number of imidazole rings is 1. The zero-order valence-electron chi connectivity index (χ0n) is 15.8. The molecule has 0 saturated heterocycles. The van der Waals surface area contributed by atoms with Crippen molar-refractivity contribution in [3.63, 3.8) is 0 Å². The normalized spacial score (nSPS) is 12.0. The maximum Gasteiger partial charge on any atom is 0.261 e. The number of H-pyrrole nitrogens is 1. The second-order valence-corrected chi connectivity index (χ2v) is 6.73. The average molecular weight is 364 g/mol. The Bertz CT molecular complexity index is 975. The first-order valence-electron chi connectivity index (χ1n) is 8.99. The second kappa shape index (κ2) is 8.03. The Morgan fingerprint density at radius 1 is 1.19 bits per heavy atom. The zero-order chi connectivity index (χ0) is 19.4. The first kappa shape index (κ1) is 18.6. The van der Waals surface area contributed by atoms with E-state index < -0.39 is 0 Å². The van der Waals surface area contributed by atoms with E-state index in [1.165, 1.54) is 0 Å². The van der Waals surface area contributed by atoms with Gasteiger partial charge in [-0.1, -0.05) is 30.3 Å². The molecule has 6 nitrogen and oxygen atoms in total. The van der Waals surface area contributed by atoms with Crippen LogP contribution < -0.4 is 10.9 Å². The third-order valence-corrected chi connectivity index (χ3v) is 5.00. The van der Waals surface area contributed by atoms with E-state index in [1.807, 2.05) is 61.9 Å². The lowest BCUT2D eigenvalue weighted by atomic mass is 10.0. The summed E-state index contributed by atoms with van der Waals surface area (Å²) < 4.78 is 1.97. The highest BCUT2D eigenvalue weighted by Gasteiger charge is 2.21. The van der Waals surface area contributed by atoms with E-state index in [4.69, 9.17) is 0 Å². The minimum Gasteiger partial charge on any atom is -0.345 e. The van der Waals surface area contributed by atoms with Crippen LogP contribution in [0.2, 0.25) is 0 Å². The Morgan fingerprint density at radius 2 is 1.93 bits per heavy atom. The third-order valence-electron chi connectivity index (χ3n) is 5.00. The molecule has 0 bridgehead atoms. The summed E-state index contributed by atoms with van der Waals surface area (Å²) in [6, 6.07) is 9.59. The van der Waals surface area contributed by atoms with Crippen molar-refractivity contribution >= 4 is 5.91 Å². The first-order valence-corrected chi connectivity index (χ1v) is 8.99. The highest BCUT2D eigenvalue weighted by molar-refractivity contribution is 5.95. The molecule has 27 heavy (non-hydrogen) atoms. The Labute approximate surface area is 158 Å². The number of carbonyl (C=O) groups excluding carboxylic acids is 1. The first-order chi connectivity index (χ1) is 13.0. The van der Waals surface area contributed by atoms with Gasteiger partial charge in [0.2, 0.25) is 0 Å². The standard InChI is InChI=1S/C21H24N4O2/c1-14-15(2)19(20(26)23-16(14)3)21(27)24-18(17-7-5-4-6-8-17)9-11-25-12-10-22-13-25/h4-8,10,12-13,18H,9,11H2,1-3H3,(H,23,26)(H,24,27)/t18-/m1/s1. The molecule has 2 N–H and O–H groups in total. The van der Waals surface area contributed by atoms with Gasteiger partial charge in [-0.2, -0.15) is 0 Å². The van der Waals surface area contributed by atoms with Crippen LogP contribution in [-0.4, -0.2) is 20.4 Å². The number of aromatic amines is 1. The van der Waals surface area contributed by atoms with Crippen molar-refractivity contribution in [2.45, 2.75) is 39.8 Å². The van der Waals surface area contributed by atoms with Gasteiger partial charge in [0.15, 0.2) is 0 Å². The van der Waals surface area contributed by atoms with Gasteiger partial charge in [-0.15, -0.1) is 0 Å². The fourth-order valence-electron chi connectivity index (χ4n) is 3.17. The van der Waals surface area contributed by atoms with Crippen molar-refractivity contribution in [3.05, 3.63) is 87.4 Å². The van der Waals surface area contributed by atoms with Crippen LogP contribution in [-0.2, 0) is 6.54 Å². The number of hydrogen-bond donors (Lipinski definition) is 2. The van der Waals surface area contributed by atoms with Gasteiger partial charge in [0, 0.05) is 24.6 Å². The van der Waals surface area contributed by atoms with Gasteiger partial charge in [0.25, 0.3) is 11.5 Å². The molecular weight excluding hydrogens is 340 g/mol. The largest absolute Gasteiger partial charge is 0.345 e. The molecule has 3 rings (SSSR count). The minimum atomic E-state index is -0.352. The Balaban J connectivity index is 1.87. The van der Waals surface area contributed by atoms with Crippen molar-refractivity contribution in [3.8, 4) is 0 Å². The van der Waals surface area contributed by atoms with Crippen molar-refractivity contribution < 1.29 is 4.79 Å². The van der Waals surface area contributed by atoms with Crippen LogP contribution in [0.3, 0.4) is 0 Å². The number of amides is 1. The monoisotopic (exact) mass is 364 g/mol. The number of pyridine rings is 1. The van der Waals surface area contributed by atoms with Gasteiger partial charge in [-0.25, -0.2) is 4.98 Å². The average Bonchev–Trinajstić information content (AvgIpc) is 3.17. The molecule has 0 unspecified atom stereocenters. The van der Waals surface area contributed by atoms with E-state index in [9.17, 15) is 9.59 Å². The van der Waals surface area contributed by atoms with E-state index in [0.29, 0.717) is 13.0 Å². The number of benzene rings is 1. The lowest BCUT2D eigenvalue weighted by molar-refractivity contribution is 0.0931. The number of rotatable bonds is 6. The number of carbonyl (C=O) groups is 1. The number of nitrogens with one attached hydrogen (secondary N) is 2. The fraction of sp³-hybridized carbons (Fsp3) is 0.286. The molecule has 0 aliphatic carbocycles. The second-order valence-electron chi connectivity index (χ2n) is 6.73. The molecule has 140 valence electrons. The van der Waals surface area contributed by atoms with Gasteiger partial charge in [-0.05, 0) is 43.9 Å². The van der Waals surface area contributed by atoms with Crippen LogP contribution >= 0.6 is 0 Å². The van der Waals surface area contributed by atoms with Crippen molar-refractivity contribution in [1.29, 1.82) is 0 Å². The molecule has 2 aromatic heterocycles. The van der Waals surface area contributed by atoms with E-state index in [0.717, 1.165) is 22.4 Å². The Morgan fingerprint density at radius 3 is 2.59 bits per heavy atom. The van der Waals surface area contributed by atoms with Gasteiger partial charge in [-0.3, -0.25) is 9.59 Å². The number of nitrogens with zero attached hydrogens (tertiary/aromatic N) is 2. The van der Waals surface area contributed by atoms with Crippen LogP contribution in [0, 0.1) is 20.8 Å². The molecule has 1 atom stereocenters. The van der Waals surface area contributed by atoms with Crippen LogP contribution in [0.15, 0.2) is 53.8 Å². The molecule has 6 heteroatoms. The summed E-state index contributed by atoms with van der Waals surface area (Å²) in [4.78, 5) is 32.2. The third kappa shape index (κ3) is 4.16. The van der Waals surface area contributed by atoms with Gasteiger partial charge in [0.1, 0.15) is 5.56 Å². The highest BCUT2D eigenvalue weighted by atomic mass is 16.2. The van der Waals surface area contributed by atoms with E-state index >= 15 is 0 Å². The molecule has 3 aromatic rings. The number of aryl methyl sites for hydroxylation is 2. The van der Waals surface area contributed by atoms with E-state index in [2.05, 4.69) is 15.3 Å². The van der Waals surface area contributed by atoms with Gasteiger partial charge < -0.3 is 14.9 Å². The molecule has 0 radical (unpaired) electrons. The number of hydrogen-bond acceptors (Lipinski definition) is 3. The molecule has 0 spiro atoms. The molecule has 1 aromatic carbocycles. The van der Waals surface area contributed by atoms with E-state index in [1.54, 1.807) is 12.5 Å². The van der Waals surface area contributed by atoms with Gasteiger partial charge >= 0.3 is 0 Å². The fourth-order valence-corrected chi connectivity index (χ4v) is 3.17. The lowest BCUT2D eigenvalue weighted by Gasteiger charge is -2.20. The summed E-state index contributed by atoms with van der Waals surface area (Å²) >= 11 is 0. The van der Waals surface area contributed by atoms with Crippen molar-refractivity contribution in [1.82, 2.24) is 19.9 Å². The molecule has 2 heterocycles.